The highest BCUT2D eigenvalue weighted by Crippen LogP contribution is 2.38. The normalized spacial score (nSPS) is 34.4. The Balaban J connectivity index is 1.83. The minimum absolute atomic E-state index is 0.598. The Kier molecular flexibility index (Phi) is 4.14. The summed E-state index contributed by atoms with van der Waals surface area (Å²) < 4.78 is 0. The molecule has 2 nitrogen and oxygen atoms in total. The average Bonchev–Trinajstić information content (AvgIpc) is 2.76. The van der Waals surface area contributed by atoms with Gasteiger partial charge in [-0.1, -0.05) is 13.8 Å². The molecule has 0 aliphatic heterocycles. The Morgan fingerprint density at radius 3 is 2.18 bits per heavy atom. The molecule has 2 heteroatoms. The molecule has 2 aliphatic carbocycles. The van der Waals surface area contributed by atoms with Crippen LogP contribution in [-0.4, -0.2) is 37.1 Å². The quantitative estimate of drug-likeness (QED) is 0.813. The maximum absolute atomic E-state index is 3.44. The number of hydrogen-bond donors (Lipinski definition) is 1. The van der Waals surface area contributed by atoms with Gasteiger partial charge >= 0.3 is 0 Å². The molecule has 2 fully saturated rings. The van der Waals surface area contributed by atoms with Crippen LogP contribution >= 0.6 is 0 Å². The van der Waals surface area contributed by atoms with Crippen LogP contribution in [0.2, 0.25) is 0 Å². The van der Waals surface area contributed by atoms with Crippen molar-refractivity contribution in [1.82, 2.24) is 10.2 Å². The van der Waals surface area contributed by atoms with E-state index in [-0.39, 0.29) is 0 Å². The van der Waals surface area contributed by atoms with Gasteiger partial charge in [-0.3, -0.25) is 0 Å². The second kappa shape index (κ2) is 5.27. The molecule has 0 bridgehead atoms. The highest BCUT2D eigenvalue weighted by molar-refractivity contribution is 4.90. The van der Waals surface area contributed by atoms with E-state index in [9.17, 15) is 0 Å². The maximum Gasteiger partial charge on any atom is 0.0110 e. The van der Waals surface area contributed by atoms with Gasteiger partial charge in [-0.15, -0.1) is 0 Å². The third-order valence-electron chi connectivity index (χ3n) is 5.27. The Hall–Kier alpha value is -0.0800. The summed E-state index contributed by atoms with van der Waals surface area (Å²) in [4.78, 5) is 2.70. The van der Waals surface area contributed by atoms with Crippen molar-refractivity contribution in [3.8, 4) is 0 Å². The molecule has 100 valence electrons. The summed E-state index contributed by atoms with van der Waals surface area (Å²) in [5.41, 5.74) is 0.598. The smallest absolute Gasteiger partial charge is 0.0110 e. The average molecular weight is 238 g/mol. The summed E-state index contributed by atoms with van der Waals surface area (Å²) in [5.74, 6) is 0. The number of hydrogen-bond acceptors (Lipinski definition) is 2. The third kappa shape index (κ3) is 3.23. The largest absolute Gasteiger partial charge is 0.317 e. The zero-order valence-electron chi connectivity index (χ0n) is 12.1. The van der Waals surface area contributed by atoms with Crippen LogP contribution in [0.25, 0.3) is 0 Å². The maximum atomic E-state index is 3.44. The number of rotatable bonds is 3. The van der Waals surface area contributed by atoms with E-state index >= 15 is 0 Å². The first kappa shape index (κ1) is 13.4. The van der Waals surface area contributed by atoms with Gasteiger partial charge in [0.05, 0.1) is 0 Å². The van der Waals surface area contributed by atoms with Gasteiger partial charge in [0.2, 0.25) is 0 Å². The minimum atomic E-state index is 0.598. The fraction of sp³-hybridized carbons (Fsp3) is 1.00. The number of nitrogens with zero attached hydrogens (tertiary/aromatic N) is 1. The van der Waals surface area contributed by atoms with Crippen LogP contribution in [0.4, 0.5) is 0 Å². The number of nitrogens with one attached hydrogen (secondary N) is 1. The Labute approximate surface area is 107 Å². The summed E-state index contributed by atoms with van der Waals surface area (Å²) in [6.07, 6.45) is 9.74. The molecule has 17 heavy (non-hydrogen) atoms. The van der Waals surface area contributed by atoms with Crippen molar-refractivity contribution < 1.29 is 0 Å². The van der Waals surface area contributed by atoms with E-state index in [1.807, 2.05) is 0 Å². The molecule has 0 heterocycles. The van der Waals surface area contributed by atoms with Crippen molar-refractivity contribution in [3.63, 3.8) is 0 Å². The first-order valence-electron chi connectivity index (χ1n) is 7.41. The van der Waals surface area contributed by atoms with Gasteiger partial charge in [0.1, 0.15) is 0 Å². The van der Waals surface area contributed by atoms with Crippen molar-refractivity contribution in [2.45, 2.75) is 76.9 Å². The predicted molar refractivity (Wildman–Crippen MR) is 74.3 cm³/mol. The second-order valence-electron chi connectivity index (χ2n) is 7.01. The first-order chi connectivity index (χ1) is 8.02. The summed E-state index contributed by atoms with van der Waals surface area (Å²) in [7, 11) is 4.47. The van der Waals surface area contributed by atoms with Crippen molar-refractivity contribution in [1.29, 1.82) is 0 Å². The Bertz CT molecular complexity index is 239. The first-order valence-corrected chi connectivity index (χ1v) is 7.41. The van der Waals surface area contributed by atoms with Crippen LogP contribution in [0.3, 0.4) is 0 Å². The van der Waals surface area contributed by atoms with Crippen LogP contribution in [0.5, 0.6) is 0 Å². The Morgan fingerprint density at radius 2 is 1.65 bits per heavy atom. The molecule has 2 unspecified atom stereocenters. The van der Waals surface area contributed by atoms with Gasteiger partial charge in [0.25, 0.3) is 0 Å². The summed E-state index contributed by atoms with van der Waals surface area (Å²) in [6.45, 7) is 4.85. The van der Waals surface area contributed by atoms with E-state index in [1.54, 1.807) is 0 Å². The fourth-order valence-corrected chi connectivity index (χ4v) is 3.68. The zero-order valence-corrected chi connectivity index (χ0v) is 12.1. The standard InChI is InChI=1S/C15H30N2/c1-15(2)9-7-13(8-10-15)17(4)14-6-5-12(11-14)16-3/h12-14,16H,5-11H2,1-4H3. The van der Waals surface area contributed by atoms with E-state index < -0.39 is 0 Å². The molecular formula is C15H30N2. The van der Waals surface area contributed by atoms with Crippen LogP contribution in [-0.2, 0) is 0 Å². The highest BCUT2D eigenvalue weighted by Gasteiger charge is 2.34. The summed E-state index contributed by atoms with van der Waals surface area (Å²) in [5, 5.41) is 3.44. The van der Waals surface area contributed by atoms with E-state index in [0.29, 0.717) is 5.41 Å². The summed E-state index contributed by atoms with van der Waals surface area (Å²) >= 11 is 0. The van der Waals surface area contributed by atoms with Crippen molar-refractivity contribution in [3.05, 3.63) is 0 Å². The molecule has 2 aliphatic rings. The molecule has 0 saturated heterocycles. The monoisotopic (exact) mass is 238 g/mol. The molecule has 1 N–H and O–H groups in total. The molecule has 0 spiro atoms. The lowest BCUT2D eigenvalue weighted by atomic mass is 9.75. The molecule has 2 rings (SSSR count). The van der Waals surface area contributed by atoms with Crippen molar-refractivity contribution >= 4 is 0 Å². The Morgan fingerprint density at radius 1 is 1.00 bits per heavy atom. The highest BCUT2D eigenvalue weighted by atomic mass is 15.2. The van der Waals surface area contributed by atoms with Gasteiger partial charge in [-0.2, -0.15) is 0 Å². The van der Waals surface area contributed by atoms with Crippen molar-refractivity contribution in [2.24, 2.45) is 5.41 Å². The van der Waals surface area contributed by atoms with E-state index in [1.165, 1.54) is 44.9 Å². The van der Waals surface area contributed by atoms with Gasteiger partial charge in [0.15, 0.2) is 0 Å². The lowest BCUT2D eigenvalue weighted by Gasteiger charge is -2.41. The second-order valence-corrected chi connectivity index (χ2v) is 7.01. The van der Waals surface area contributed by atoms with Gasteiger partial charge in [-0.05, 0) is 64.5 Å². The van der Waals surface area contributed by atoms with E-state index in [4.69, 9.17) is 0 Å². The van der Waals surface area contributed by atoms with Crippen LogP contribution in [0.1, 0.15) is 58.8 Å². The summed E-state index contributed by atoms with van der Waals surface area (Å²) in [6, 6.07) is 2.45. The van der Waals surface area contributed by atoms with Gasteiger partial charge in [0, 0.05) is 18.1 Å². The third-order valence-corrected chi connectivity index (χ3v) is 5.27. The zero-order chi connectivity index (χ0) is 12.5. The predicted octanol–water partition coefficient (Wildman–Crippen LogP) is 3.03. The van der Waals surface area contributed by atoms with Gasteiger partial charge < -0.3 is 10.2 Å². The van der Waals surface area contributed by atoms with Gasteiger partial charge in [-0.25, -0.2) is 0 Å². The molecule has 2 saturated carbocycles. The van der Waals surface area contributed by atoms with E-state index in [0.717, 1.165) is 18.1 Å². The molecule has 0 amide bonds. The molecule has 0 radical (unpaired) electrons. The molecule has 0 aromatic carbocycles. The van der Waals surface area contributed by atoms with Crippen LogP contribution in [0, 0.1) is 5.41 Å². The van der Waals surface area contributed by atoms with E-state index in [2.05, 4.69) is 38.2 Å². The van der Waals surface area contributed by atoms with Crippen LogP contribution < -0.4 is 5.32 Å². The molecule has 0 aromatic rings. The molecular weight excluding hydrogens is 208 g/mol. The molecule has 0 aromatic heterocycles. The molecule has 2 atom stereocenters. The lowest BCUT2D eigenvalue weighted by Crippen LogP contribution is -2.42. The van der Waals surface area contributed by atoms with Crippen molar-refractivity contribution in [2.75, 3.05) is 14.1 Å². The SMILES string of the molecule is CNC1CCC(N(C)C2CCC(C)(C)CC2)C1. The lowest BCUT2D eigenvalue weighted by molar-refractivity contribution is 0.0953. The minimum Gasteiger partial charge on any atom is -0.317 e. The topological polar surface area (TPSA) is 15.3 Å². The van der Waals surface area contributed by atoms with Crippen LogP contribution in [0.15, 0.2) is 0 Å². The fourth-order valence-electron chi connectivity index (χ4n) is 3.68.